The Hall–Kier alpha value is -1.97. The van der Waals surface area contributed by atoms with E-state index in [0.29, 0.717) is 0 Å². The van der Waals surface area contributed by atoms with E-state index in [4.69, 9.17) is 9.47 Å². The number of carbonyl (C=O) groups excluding carboxylic acids is 1. The number of rotatable bonds is 3. The second kappa shape index (κ2) is 5.43. The molecule has 0 saturated heterocycles. The first kappa shape index (κ1) is 15.4. The molecule has 0 spiro atoms. The summed E-state index contributed by atoms with van der Waals surface area (Å²) in [4.78, 5) is 14.1. The van der Waals surface area contributed by atoms with Gasteiger partial charge in [-0.15, -0.1) is 0 Å². The highest BCUT2D eigenvalue weighted by Crippen LogP contribution is 2.41. The highest BCUT2D eigenvalue weighted by atomic mass is 16.5. The predicted octanol–water partition coefficient (Wildman–Crippen LogP) is 3.26. The summed E-state index contributed by atoms with van der Waals surface area (Å²) < 4.78 is 10.3. The van der Waals surface area contributed by atoms with E-state index >= 15 is 0 Å². The van der Waals surface area contributed by atoms with Crippen molar-refractivity contribution in [2.24, 2.45) is 0 Å². The first-order valence-electron chi connectivity index (χ1n) is 7.07. The number of benzene rings is 1. The van der Waals surface area contributed by atoms with Gasteiger partial charge in [0.2, 0.25) is 0 Å². The molecule has 2 rings (SSSR count). The number of methoxy groups -OCH3 is 2. The van der Waals surface area contributed by atoms with E-state index in [1.165, 1.54) is 12.7 Å². The van der Waals surface area contributed by atoms with Crippen molar-refractivity contribution in [1.29, 1.82) is 0 Å². The Morgan fingerprint density at radius 2 is 1.95 bits per heavy atom. The minimum atomic E-state index is -0.375. The number of hydrogen-bond donors (Lipinski definition) is 0. The zero-order valence-corrected chi connectivity index (χ0v) is 13.6. The molecular weight excluding hydrogens is 266 g/mol. The Kier molecular flexibility index (Phi) is 3.99. The third kappa shape index (κ3) is 2.62. The van der Waals surface area contributed by atoms with Gasteiger partial charge in [0.15, 0.2) is 0 Å². The lowest BCUT2D eigenvalue weighted by molar-refractivity contribution is -0.142. The van der Waals surface area contributed by atoms with Crippen LogP contribution < -0.4 is 9.64 Å². The number of carbonyl (C=O) groups is 1. The van der Waals surface area contributed by atoms with Gasteiger partial charge in [0, 0.05) is 17.3 Å². The summed E-state index contributed by atoms with van der Waals surface area (Å²) in [6, 6.07) is 5.58. The lowest BCUT2D eigenvalue weighted by Crippen LogP contribution is -2.53. The number of hydrogen-bond acceptors (Lipinski definition) is 4. The van der Waals surface area contributed by atoms with Crippen LogP contribution in [0.3, 0.4) is 0 Å². The number of anilines is 1. The predicted molar refractivity (Wildman–Crippen MR) is 84.7 cm³/mol. The third-order valence-corrected chi connectivity index (χ3v) is 4.01. The van der Waals surface area contributed by atoms with E-state index in [1.54, 1.807) is 7.11 Å². The summed E-state index contributed by atoms with van der Waals surface area (Å²) in [5.41, 5.74) is 3.03. The van der Waals surface area contributed by atoms with E-state index in [0.717, 1.165) is 17.0 Å². The standard InChI is InChI=1S/C17H23NO3/c1-11-10-17(3,4)18(12(2)16(19)21-6)15-9-13(20-5)7-8-14(11)15/h7-10,12H,1-6H3. The van der Waals surface area contributed by atoms with Crippen molar-refractivity contribution in [2.75, 3.05) is 19.1 Å². The van der Waals surface area contributed by atoms with Gasteiger partial charge in [0.1, 0.15) is 11.8 Å². The van der Waals surface area contributed by atoms with Crippen LogP contribution in [-0.4, -0.2) is 31.8 Å². The molecule has 0 bridgehead atoms. The minimum Gasteiger partial charge on any atom is -0.497 e. The van der Waals surface area contributed by atoms with Crippen molar-refractivity contribution in [3.63, 3.8) is 0 Å². The molecule has 0 aromatic heterocycles. The fourth-order valence-electron chi connectivity index (χ4n) is 3.14. The van der Waals surface area contributed by atoms with Crippen LogP contribution in [0.15, 0.2) is 24.3 Å². The fraction of sp³-hybridized carbons (Fsp3) is 0.471. The van der Waals surface area contributed by atoms with Crippen molar-refractivity contribution >= 4 is 17.2 Å². The van der Waals surface area contributed by atoms with Gasteiger partial charge in [0.25, 0.3) is 0 Å². The summed E-state index contributed by atoms with van der Waals surface area (Å²) in [6.45, 7) is 8.15. The molecule has 1 unspecified atom stereocenters. The minimum absolute atomic E-state index is 0.246. The van der Waals surface area contributed by atoms with Crippen LogP contribution in [0.1, 0.15) is 33.3 Å². The summed E-state index contributed by atoms with van der Waals surface area (Å²) in [7, 11) is 3.07. The van der Waals surface area contributed by atoms with Crippen LogP contribution >= 0.6 is 0 Å². The highest BCUT2D eigenvalue weighted by molar-refractivity contribution is 5.87. The third-order valence-electron chi connectivity index (χ3n) is 4.01. The van der Waals surface area contributed by atoms with E-state index in [-0.39, 0.29) is 17.6 Å². The molecule has 1 aromatic rings. The molecule has 21 heavy (non-hydrogen) atoms. The molecule has 0 saturated carbocycles. The molecular formula is C17H23NO3. The fourth-order valence-corrected chi connectivity index (χ4v) is 3.14. The molecule has 1 aliphatic heterocycles. The summed E-state index contributed by atoms with van der Waals surface area (Å²) in [5.74, 6) is 0.533. The Balaban J connectivity index is 2.61. The number of nitrogens with zero attached hydrogens (tertiary/aromatic N) is 1. The van der Waals surface area contributed by atoms with E-state index < -0.39 is 0 Å². The van der Waals surface area contributed by atoms with Crippen molar-refractivity contribution < 1.29 is 14.3 Å². The SMILES string of the molecule is COC(=O)C(C)N1c2cc(OC)ccc2C(C)=CC1(C)C. The first-order valence-corrected chi connectivity index (χ1v) is 7.07. The Bertz CT molecular complexity index is 590. The van der Waals surface area contributed by atoms with Crippen LogP contribution in [0.5, 0.6) is 5.75 Å². The molecule has 1 aliphatic rings. The van der Waals surface area contributed by atoms with Crippen LogP contribution in [0.4, 0.5) is 5.69 Å². The highest BCUT2D eigenvalue weighted by Gasteiger charge is 2.37. The Morgan fingerprint density at radius 1 is 1.29 bits per heavy atom. The number of ether oxygens (including phenoxy) is 2. The summed E-state index contributed by atoms with van der Waals surface area (Å²) >= 11 is 0. The van der Waals surface area contributed by atoms with Crippen molar-refractivity contribution in [1.82, 2.24) is 0 Å². The quantitative estimate of drug-likeness (QED) is 0.801. The van der Waals surface area contributed by atoms with Crippen molar-refractivity contribution in [3.8, 4) is 5.75 Å². The molecule has 0 amide bonds. The largest absolute Gasteiger partial charge is 0.497 e. The van der Waals surface area contributed by atoms with E-state index in [2.05, 4.69) is 31.7 Å². The zero-order chi connectivity index (χ0) is 15.8. The van der Waals surface area contributed by atoms with Crippen molar-refractivity contribution in [2.45, 2.75) is 39.3 Å². The van der Waals surface area contributed by atoms with E-state index in [9.17, 15) is 4.79 Å². The zero-order valence-electron chi connectivity index (χ0n) is 13.6. The number of fused-ring (bicyclic) bond motifs is 1. The molecule has 0 aliphatic carbocycles. The van der Waals surface area contributed by atoms with Gasteiger partial charge in [0.05, 0.1) is 19.8 Å². The van der Waals surface area contributed by atoms with Gasteiger partial charge in [-0.1, -0.05) is 6.08 Å². The van der Waals surface area contributed by atoms with Gasteiger partial charge in [-0.2, -0.15) is 0 Å². The maximum Gasteiger partial charge on any atom is 0.328 e. The maximum atomic E-state index is 12.0. The molecule has 0 radical (unpaired) electrons. The van der Waals surface area contributed by atoms with Crippen LogP contribution in [0, 0.1) is 0 Å². The molecule has 1 heterocycles. The van der Waals surface area contributed by atoms with E-state index in [1.807, 2.05) is 25.1 Å². The first-order chi connectivity index (χ1) is 9.81. The molecule has 1 atom stereocenters. The Labute approximate surface area is 126 Å². The monoisotopic (exact) mass is 289 g/mol. The lowest BCUT2D eigenvalue weighted by atomic mass is 9.87. The second-order valence-corrected chi connectivity index (χ2v) is 5.93. The average molecular weight is 289 g/mol. The molecule has 0 fully saturated rings. The molecule has 4 heteroatoms. The average Bonchev–Trinajstić information content (AvgIpc) is 2.44. The number of esters is 1. The smallest absolute Gasteiger partial charge is 0.328 e. The Morgan fingerprint density at radius 3 is 2.52 bits per heavy atom. The van der Waals surface area contributed by atoms with Crippen LogP contribution in [0.2, 0.25) is 0 Å². The van der Waals surface area contributed by atoms with Gasteiger partial charge in [-0.25, -0.2) is 4.79 Å². The van der Waals surface area contributed by atoms with Crippen LogP contribution in [0.25, 0.3) is 5.57 Å². The molecule has 4 nitrogen and oxygen atoms in total. The normalized spacial score (nSPS) is 17.6. The second-order valence-electron chi connectivity index (χ2n) is 5.93. The molecule has 1 aromatic carbocycles. The lowest BCUT2D eigenvalue weighted by Gasteiger charge is -2.45. The maximum absolute atomic E-state index is 12.0. The number of allylic oxidation sites excluding steroid dienone is 1. The summed E-state index contributed by atoms with van der Waals surface area (Å²) in [5, 5.41) is 0. The topological polar surface area (TPSA) is 38.8 Å². The van der Waals surface area contributed by atoms with Gasteiger partial charge < -0.3 is 14.4 Å². The van der Waals surface area contributed by atoms with Gasteiger partial charge >= 0.3 is 5.97 Å². The summed E-state index contributed by atoms with van der Waals surface area (Å²) in [6.07, 6.45) is 2.18. The van der Waals surface area contributed by atoms with Gasteiger partial charge in [-0.05, 0) is 45.4 Å². The molecule has 114 valence electrons. The van der Waals surface area contributed by atoms with Crippen molar-refractivity contribution in [3.05, 3.63) is 29.8 Å². The van der Waals surface area contributed by atoms with Crippen LogP contribution in [-0.2, 0) is 9.53 Å². The molecule has 0 N–H and O–H groups in total. The van der Waals surface area contributed by atoms with Gasteiger partial charge in [-0.3, -0.25) is 0 Å².